The number of hydrogen-bond acceptors (Lipinski definition) is 15. The van der Waals surface area contributed by atoms with Crippen LogP contribution in [0.2, 0.25) is 0 Å². The fourth-order valence-corrected chi connectivity index (χ4v) is 13.8. The van der Waals surface area contributed by atoms with Crippen LogP contribution in [0.1, 0.15) is 409 Å². The lowest BCUT2D eigenvalue weighted by Gasteiger charge is -2.21. The molecule has 0 saturated heterocycles. The van der Waals surface area contributed by atoms with Gasteiger partial charge in [-0.05, 0) is 49.4 Å². The van der Waals surface area contributed by atoms with E-state index in [4.69, 9.17) is 37.0 Å². The summed E-state index contributed by atoms with van der Waals surface area (Å²) >= 11 is 0. The van der Waals surface area contributed by atoms with Crippen LogP contribution in [0.25, 0.3) is 0 Å². The van der Waals surface area contributed by atoms with Crippen LogP contribution in [-0.4, -0.2) is 96.7 Å². The molecule has 0 saturated carbocycles. The Morgan fingerprint density at radius 3 is 0.717 bits per heavy atom. The molecule has 0 aromatic carbocycles. The summed E-state index contributed by atoms with van der Waals surface area (Å²) in [6.07, 6.45) is 55.5. The van der Waals surface area contributed by atoms with Crippen molar-refractivity contribution >= 4 is 39.5 Å². The van der Waals surface area contributed by atoms with Crippen LogP contribution in [0.5, 0.6) is 0 Å². The number of aliphatic hydroxyl groups excluding tert-OH is 1. The molecule has 17 nitrogen and oxygen atoms in total. The molecule has 0 amide bonds. The largest absolute Gasteiger partial charge is 0.472 e. The van der Waals surface area contributed by atoms with E-state index in [0.29, 0.717) is 25.7 Å². The van der Waals surface area contributed by atoms with Crippen molar-refractivity contribution in [1.82, 2.24) is 0 Å². The van der Waals surface area contributed by atoms with Gasteiger partial charge in [0.05, 0.1) is 26.4 Å². The Hall–Kier alpha value is -1.94. The van der Waals surface area contributed by atoms with Gasteiger partial charge >= 0.3 is 39.5 Å². The third-order valence-electron chi connectivity index (χ3n) is 18.9. The zero-order chi connectivity index (χ0) is 73.1. The molecule has 0 aliphatic carbocycles. The minimum absolute atomic E-state index is 0.106. The van der Waals surface area contributed by atoms with E-state index in [1.807, 2.05) is 0 Å². The molecule has 99 heavy (non-hydrogen) atoms. The van der Waals surface area contributed by atoms with Crippen LogP contribution >= 0.6 is 15.6 Å². The van der Waals surface area contributed by atoms with E-state index < -0.39 is 97.5 Å². The van der Waals surface area contributed by atoms with Gasteiger partial charge in [0.25, 0.3) is 0 Å². The summed E-state index contributed by atoms with van der Waals surface area (Å²) in [7, 11) is -9.92. The number of phosphoric acid groups is 2. The fraction of sp³-hybridized carbons (Fsp3) is 0.950. The van der Waals surface area contributed by atoms with Crippen LogP contribution in [0.4, 0.5) is 0 Å². The maximum absolute atomic E-state index is 13.1. The molecule has 0 aliphatic heterocycles. The zero-order valence-corrected chi connectivity index (χ0v) is 66.9. The molecule has 19 heteroatoms. The molecular formula is C80H156O17P2. The Bertz CT molecular complexity index is 1940. The number of unbranched alkanes of at least 4 members (excludes halogenated alkanes) is 42. The van der Waals surface area contributed by atoms with E-state index in [2.05, 4.69) is 55.4 Å². The summed E-state index contributed by atoms with van der Waals surface area (Å²) in [6, 6.07) is 0. The first-order chi connectivity index (χ1) is 47.6. The lowest BCUT2D eigenvalue weighted by Crippen LogP contribution is -2.30. The van der Waals surface area contributed by atoms with Crippen LogP contribution in [0, 0.1) is 23.7 Å². The van der Waals surface area contributed by atoms with Crippen molar-refractivity contribution in [2.75, 3.05) is 39.6 Å². The Morgan fingerprint density at radius 1 is 0.283 bits per heavy atom. The molecule has 0 aliphatic rings. The summed E-state index contributed by atoms with van der Waals surface area (Å²) in [5.74, 6) is 0.984. The first-order valence-corrected chi connectivity index (χ1v) is 44.2. The second kappa shape index (κ2) is 69.1. The summed E-state index contributed by atoms with van der Waals surface area (Å²) in [4.78, 5) is 73.0. The number of carbonyl (C=O) groups is 4. The van der Waals surface area contributed by atoms with Gasteiger partial charge in [-0.3, -0.25) is 37.3 Å². The molecule has 3 unspecified atom stereocenters. The first-order valence-electron chi connectivity index (χ1n) is 41.2. The molecule has 0 rings (SSSR count). The van der Waals surface area contributed by atoms with Crippen molar-refractivity contribution < 1.29 is 80.2 Å². The predicted octanol–water partition coefficient (Wildman–Crippen LogP) is 23.6. The second-order valence-electron chi connectivity index (χ2n) is 30.5. The zero-order valence-electron chi connectivity index (χ0n) is 65.1. The quantitative estimate of drug-likeness (QED) is 0.0222. The van der Waals surface area contributed by atoms with E-state index in [-0.39, 0.29) is 25.7 Å². The van der Waals surface area contributed by atoms with Gasteiger partial charge < -0.3 is 33.8 Å². The lowest BCUT2D eigenvalue weighted by molar-refractivity contribution is -0.161. The van der Waals surface area contributed by atoms with Crippen LogP contribution in [0.15, 0.2) is 0 Å². The highest BCUT2D eigenvalue weighted by Crippen LogP contribution is 2.45. The summed E-state index contributed by atoms with van der Waals surface area (Å²) < 4.78 is 68.7. The van der Waals surface area contributed by atoms with Gasteiger partial charge in [0.15, 0.2) is 12.2 Å². The molecule has 0 aromatic rings. The highest BCUT2D eigenvalue weighted by atomic mass is 31.2. The van der Waals surface area contributed by atoms with Gasteiger partial charge in [0.1, 0.15) is 19.3 Å². The molecule has 588 valence electrons. The minimum atomic E-state index is -4.96. The number of carbonyl (C=O) groups excluding carboxylic acids is 4. The standard InChI is InChI=1S/C80H156O17P2/c1-9-73(8)59-51-43-38-39-45-53-61-78(83)91-67-76(97-80(85)63-54-46-36-30-23-17-12-10-11-15-20-26-32-40-48-56-70(2)3)69-95-99(88,89)93-65-74(81)64-92-98(86,87)94-68-75(66-90-77(82)60-52-44-35-29-25-19-22-28-34-42-50-58-72(6)7)96-79(84)62-55-47-37-31-24-18-14-13-16-21-27-33-41-49-57-71(4)5/h70-76,81H,9-69H2,1-8H3,(H,86,87)(H,88,89)/t73?,74-,75-,76-/m1/s1. The fourth-order valence-electron chi connectivity index (χ4n) is 12.2. The maximum atomic E-state index is 13.1. The van der Waals surface area contributed by atoms with E-state index in [1.54, 1.807) is 0 Å². The number of aliphatic hydroxyl groups is 1. The first kappa shape index (κ1) is 97.1. The normalized spacial score (nSPS) is 14.3. The summed E-state index contributed by atoms with van der Waals surface area (Å²) in [6.45, 7) is 14.3. The van der Waals surface area contributed by atoms with Gasteiger partial charge in [-0.1, -0.05) is 357 Å². The molecule has 6 atom stereocenters. The number of esters is 4. The topological polar surface area (TPSA) is 237 Å². The van der Waals surface area contributed by atoms with Gasteiger partial charge in [0.2, 0.25) is 0 Å². The highest BCUT2D eigenvalue weighted by Gasteiger charge is 2.30. The predicted molar refractivity (Wildman–Crippen MR) is 404 cm³/mol. The van der Waals surface area contributed by atoms with Gasteiger partial charge in [0, 0.05) is 25.7 Å². The van der Waals surface area contributed by atoms with Crippen molar-refractivity contribution in [3.8, 4) is 0 Å². The van der Waals surface area contributed by atoms with Gasteiger partial charge in [-0.2, -0.15) is 0 Å². The van der Waals surface area contributed by atoms with Crippen molar-refractivity contribution in [3.63, 3.8) is 0 Å². The monoisotopic (exact) mass is 1450 g/mol. The number of hydrogen-bond donors (Lipinski definition) is 3. The van der Waals surface area contributed by atoms with E-state index in [1.165, 1.54) is 205 Å². The third-order valence-corrected chi connectivity index (χ3v) is 20.8. The van der Waals surface area contributed by atoms with Gasteiger partial charge in [-0.25, -0.2) is 9.13 Å². The Morgan fingerprint density at radius 2 is 0.485 bits per heavy atom. The Balaban J connectivity index is 5.24. The van der Waals surface area contributed by atoms with Crippen molar-refractivity contribution in [3.05, 3.63) is 0 Å². The molecule has 3 N–H and O–H groups in total. The highest BCUT2D eigenvalue weighted by molar-refractivity contribution is 7.47. The van der Waals surface area contributed by atoms with Crippen molar-refractivity contribution in [2.45, 2.75) is 427 Å². The van der Waals surface area contributed by atoms with Crippen LogP contribution in [-0.2, 0) is 65.4 Å². The number of ether oxygens (including phenoxy) is 4. The smallest absolute Gasteiger partial charge is 0.462 e. The number of rotatable bonds is 77. The summed E-state index contributed by atoms with van der Waals surface area (Å²) in [5.41, 5.74) is 0. The average Bonchev–Trinajstić information content (AvgIpc) is 1.01. The summed E-state index contributed by atoms with van der Waals surface area (Å²) in [5, 5.41) is 10.6. The molecular weight excluding hydrogens is 1290 g/mol. The Labute approximate surface area is 607 Å². The lowest BCUT2D eigenvalue weighted by atomic mass is 10.00. The average molecular weight is 1450 g/mol. The third kappa shape index (κ3) is 72.8. The maximum Gasteiger partial charge on any atom is 0.472 e. The van der Waals surface area contributed by atoms with E-state index in [0.717, 1.165) is 120 Å². The molecule has 0 radical (unpaired) electrons. The van der Waals surface area contributed by atoms with Gasteiger partial charge in [-0.15, -0.1) is 0 Å². The van der Waals surface area contributed by atoms with Crippen LogP contribution < -0.4 is 0 Å². The molecule has 0 spiro atoms. The molecule has 0 heterocycles. The van der Waals surface area contributed by atoms with E-state index in [9.17, 15) is 43.2 Å². The minimum Gasteiger partial charge on any atom is -0.462 e. The SMILES string of the molecule is CCC(C)CCCCCCCCC(=O)OC[C@H](COP(=O)(O)OC[C@H](O)COP(=O)(O)OC[C@@H](COC(=O)CCCCCCCCCCCCCC(C)C)OC(=O)CCCCCCCCCCCCCCCCC(C)C)OC(=O)CCCCCCCCCCCCCCCCCC(C)C. The molecule has 0 fully saturated rings. The number of phosphoric ester groups is 2. The molecule has 0 bridgehead atoms. The van der Waals surface area contributed by atoms with Crippen molar-refractivity contribution in [2.24, 2.45) is 23.7 Å². The van der Waals surface area contributed by atoms with Crippen LogP contribution in [0.3, 0.4) is 0 Å². The van der Waals surface area contributed by atoms with Crippen molar-refractivity contribution in [1.29, 1.82) is 0 Å². The van der Waals surface area contributed by atoms with E-state index >= 15 is 0 Å². The molecule has 0 aromatic heterocycles. The Kier molecular flexibility index (Phi) is 67.8. The second-order valence-corrected chi connectivity index (χ2v) is 33.4.